The van der Waals surface area contributed by atoms with Crippen molar-refractivity contribution in [2.45, 2.75) is 129 Å². The van der Waals surface area contributed by atoms with Gasteiger partial charge in [0, 0.05) is 18.3 Å². The van der Waals surface area contributed by atoms with Crippen molar-refractivity contribution in [1.82, 2.24) is 10.6 Å². The minimum absolute atomic E-state index is 0.0120. The van der Waals surface area contributed by atoms with Crippen LogP contribution in [-0.4, -0.2) is 47.4 Å². The van der Waals surface area contributed by atoms with Crippen LogP contribution >= 0.6 is 0 Å². The Balaban J connectivity index is 2.17. The largest absolute Gasteiger partial charge is 0.369 e. The van der Waals surface area contributed by atoms with E-state index in [2.05, 4.69) is 36.6 Å². The highest BCUT2D eigenvalue weighted by atomic mass is 16.2. The highest BCUT2D eigenvalue weighted by molar-refractivity contribution is 5.93. The minimum Gasteiger partial charge on any atom is -0.369 e. The van der Waals surface area contributed by atoms with Crippen molar-refractivity contribution in [2.75, 3.05) is 13.1 Å². The first-order valence-corrected chi connectivity index (χ1v) is 16.9. The molecule has 4 atom stereocenters. The van der Waals surface area contributed by atoms with Gasteiger partial charge in [-0.3, -0.25) is 29.8 Å². The number of hydrogen-bond acceptors (Lipinski definition) is 6. The molecule has 246 valence electrons. The van der Waals surface area contributed by atoms with Gasteiger partial charge in [-0.2, -0.15) is 0 Å². The Morgan fingerprint density at radius 2 is 1.59 bits per heavy atom. The smallest absolute Gasteiger partial charge is 0.220 e. The van der Waals surface area contributed by atoms with E-state index in [0.717, 1.165) is 56.9 Å². The van der Waals surface area contributed by atoms with Gasteiger partial charge in [0.2, 0.25) is 5.91 Å². The normalized spacial score (nSPS) is 24.8. The first kappa shape index (κ1) is 37.5. The average molecular weight is 610 g/mol. The number of amides is 1. The van der Waals surface area contributed by atoms with Crippen molar-refractivity contribution in [2.24, 2.45) is 23.5 Å². The van der Waals surface area contributed by atoms with Gasteiger partial charge < -0.3 is 5.73 Å². The molecule has 0 unspecified atom stereocenters. The summed E-state index contributed by atoms with van der Waals surface area (Å²) in [5, 5.41) is 6.71. The molecule has 0 fully saturated rings. The van der Waals surface area contributed by atoms with E-state index in [1.165, 1.54) is 0 Å². The number of nitrogens with one attached hydrogen (secondary N) is 2. The topological polar surface area (TPSA) is 118 Å². The molecule has 0 saturated carbocycles. The first-order chi connectivity index (χ1) is 20.9. The van der Waals surface area contributed by atoms with Crippen LogP contribution in [0.3, 0.4) is 0 Å². The second kappa shape index (κ2) is 19.0. The maximum absolute atomic E-state index is 13.8. The third-order valence-electron chi connectivity index (χ3n) is 9.36. The first-order valence-electron chi connectivity index (χ1n) is 16.9. The summed E-state index contributed by atoms with van der Waals surface area (Å²) in [6.07, 6.45) is 14.4. The lowest BCUT2D eigenvalue weighted by atomic mass is 9.83. The molecule has 0 aromatic heterocycles. The van der Waals surface area contributed by atoms with Crippen molar-refractivity contribution < 1.29 is 19.2 Å². The van der Waals surface area contributed by atoms with Gasteiger partial charge in [0.15, 0.2) is 11.6 Å². The Kier molecular flexibility index (Phi) is 16.2. The highest BCUT2D eigenvalue weighted by Gasteiger charge is 2.37. The fourth-order valence-corrected chi connectivity index (χ4v) is 6.15. The lowest BCUT2D eigenvalue weighted by Gasteiger charge is -2.34. The van der Waals surface area contributed by atoms with E-state index in [-0.39, 0.29) is 42.8 Å². The number of rotatable bonds is 13. The molecular weight excluding hydrogens is 550 g/mol. The zero-order valence-corrected chi connectivity index (χ0v) is 28.1. The molecule has 0 saturated heterocycles. The number of Topliss-reactive ketones (excluding diaryl/α,β-unsaturated/α-hetero) is 3. The van der Waals surface area contributed by atoms with Crippen LogP contribution in [0, 0.1) is 17.8 Å². The van der Waals surface area contributed by atoms with Gasteiger partial charge in [-0.25, -0.2) is 0 Å². The van der Waals surface area contributed by atoms with Gasteiger partial charge in [0.1, 0.15) is 5.78 Å². The summed E-state index contributed by atoms with van der Waals surface area (Å²) in [6.45, 7) is 10.2. The predicted octanol–water partition coefficient (Wildman–Crippen LogP) is 6.28. The molecule has 0 radical (unpaired) electrons. The van der Waals surface area contributed by atoms with E-state index in [0.29, 0.717) is 31.6 Å². The van der Waals surface area contributed by atoms with Crippen molar-refractivity contribution in [3.05, 3.63) is 48.0 Å². The monoisotopic (exact) mass is 609 g/mol. The summed E-state index contributed by atoms with van der Waals surface area (Å²) in [7, 11) is 0. The van der Waals surface area contributed by atoms with Gasteiger partial charge in [-0.05, 0) is 83.1 Å². The minimum atomic E-state index is -0.919. The van der Waals surface area contributed by atoms with Crippen LogP contribution in [0.2, 0.25) is 0 Å². The Labute approximate surface area is 266 Å². The number of nitrogens with two attached hydrogens (primary N) is 1. The van der Waals surface area contributed by atoms with Crippen LogP contribution in [0.4, 0.5) is 0 Å². The molecular formula is C37H59N3O4. The molecule has 1 aliphatic rings. The number of benzene rings is 1. The number of carbonyl (C=O) groups is 4. The van der Waals surface area contributed by atoms with Crippen molar-refractivity contribution in [3.63, 3.8) is 0 Å². The third kappa shape index (κ3) is 13.2. The van der Waals surface area contributed by atoms with Gasteiger partial charge >= 0.3 is 0 Å². The van der Waals surface area contributed by atoms with Crippen LogP contribution in [-0.2, 0) is 25.6 Å². The number of ketones is 3. The molecule has 1 aromatic rings. The molecule has 1 heterocycles. The van der Waals surface area contributed by atoms with Crippen LogP contribution in [0.1, 0.15) is 117 Å². The molecule has 0 spiro atoms. The van der Waals surface area contributed by atoms with E-state index in [1.54, 1.807) is 0 Å². The summed E-state index contributed by atoms with van der Waals surface area (Å²) < 4.78 is 0. The Bertz CT molecular complexity index is 1090. The van der Waals surface area contributed by atoms with E-state index in [9.17, 15) is 19.2 Å². The second-order valence-electron chi connectivity index (χ2n) is 13.9. The zero-order chi connectivity index (χ0) is 32.6. The van der Waals surface area contributed by atoms with Gasteiger partial charge in [0.25, 0.3) is 0 Å². The van der Waals surface area contributed by atoms with Crippen molar-refractivity contribution in [1.29, 1.82) is 0 Å². The fourth-order valence-electron chi connectivity index (χ4n) is 6.15. The van der Waals surface area contributed by atoms with E-state index < -0.39 is 22.9 Å². The molecule has 0 aliphatic carbocycles. The van der Waals surface area contributed by atoms with E-state index in [1.807, 2.05) is 51.1 Å². The van der Waals surface area contributed by atoms with E-state index in [4.69, 9.17) is 5.73 Å². The second-order valence-corrected chi connectivity index (χ2v) is 13.9. The summed E-state index contributed by atoms with van der Waals surface area (Å²) in [6, 6.07) is 9.71. The summed E-state index contributed by atoms with van der Waals surface area (Å²) in [4.78, 5) is 52.8. The molecule has 7 nitrogen and oxygen atoms in total. The number of hydrogen-bond donors (Lipinski definition) is 3. The van der Waals surface area contributed by atoms with Crippen LogP contribution in [0.5, 0.6) is 0 Å². The maximum atomic E-state index is 13.8. The SMILES string of the molecule is CC(C)C[C@H](C)C(=O)CN[C@]1(C)CCCCCC/C=C/CCC[C@@](C)(C(=O)CC[C@@H](Cc2ccccc2)C(N)=O)NCC1=O. The lowest BCUT2D eigenvalue weighted by molar-refractivity contribution is -0.128. The molecule has 7 heteroatoms. The molecule has 1 amide bonds. The van der Waals surface area contributed by atoms with Crippen LogP contribution in [0.15, 0.2) is 42.5 Å². The Hall–Kier alpha value is -2.64. The molecule has 0 bridgehead atoms. The van der Waals surface area contributed by atoms with Gasteiger partial charge in [-0.15, -0.1) is 0 Å². The standard InChI is InChI=1S/C37H59N3O4/c1-28(2)24-29(3)32(41)26-39-37(5)23-17-12-10-8-6-7-9-11-16-22-36(4,40-27-34(37)43)33(42)21-20-31(35(38)44)25-30-18-14-13-15-19-30/h7,9,13-15,18-19,28-29,31,39-40H,6,8,10-12,16-17,20-27H2,1-5H3,(H2,38,44)/b9-7+/t29-,31-,36-,37+/m0/s1. The van der Waals surface area contributed by atoms with Crippen molar-refractivity contribution >= 4 is 23.3 Å². The van der Waals surface area contributed by atoms with E-state index >= 15 is 0 Å². The quantitative estimate of drug-likeness (QED) is 0.227. The maximum Gasteiger partial charge on any atom is 0.220 e. The molecule has 4 N–H and O–H groups in total. The summed E-state index contributed by atoms with van der Waals surface area (Å²) >= 11 is 0. The van der Waals surface area contributed by atoms with Crippen LogP contribution < -0.4 is 16.4 Å². The average Bonchev–Trinajstić information content (AvgIpc) is 2.98. The molecule has 44 heavy (non-hydrogen) atoms. The highest BCUT2D eigenvalue weighted by Crippen LogP contribution is 2.24. The number of primary amides is 1. The third-order valence-corrected chi connectivity index (χ3v) is 9.36. The van der Waals surface area contributed by atoms with Gasteiger partial charge in [0.05, 0.1) is 24.2 Å². The molecule has 1 aliphatic heterocycles. The number of allylic oxidation sites excluding steroid dienone is 2. The fraction of sp³-hybridized carbons (Fsp3) is 0.676. The van der Waals surface area contributed by atoms with Crippen LogP contribution in [0.25, 0.3) is 0 Å². The summed E-state index contributed by atoms with van der Waals surface area (Å²) in [5.41, 5.74) is 4.97. The zero-order valence-electron chi connectivity index (χ0n) is 28.1. The van der Waals surface area contributed by atoms with Gasteiger partial charge in [-0.1, -0.05) is 82.5 Å². The lowest BCUT2D eigenvalue weighted by Crippen LogP contribution is -2.58. The Morgan fingerprint density at radius 3 is 2.25 bits per heavy atom. The molecule has 2 rings (SSSR count). The summed E-state index contributed by atoms with van der Waals surface area (Å²) in [5.74, 6) is -0.403. The number of carbonyl (C=O) groups excluding carboxylic acids is 4. The molecule has 1 aromatic carbocycles. The predicted molar refractivity (Wildman–Crippen MR) is 179 cm³/mol. The Morgan fingerprint density at radius 1 is 0.932 bits per heavy atom. The van der Waals surface area contributed by atoms with Crippen molar-refractivity contribution in [3.8, 4) is 0 Å².